The fourth-order valence-corrected chi connectivity index (χ4v) is 2.24. The van der Waals surface area contributed by atoms with Crippen molar-refractivity contribution in [3.63, 3.8) is 0 Å². The van der Waals surface area contributed by atoms with Gasteiger partial charge >= 0.3 is 0 Å². The normalized spacial score (nSPS) is 9.71. The maximum absolute atomic E-state index is 12.3. The Labute approximate surface area is 140 Å². The van der Waals surface area contributed by atoms with Gasteiger partial charge in [-0.15, -0.1) is 0 Å². The van der Waals surface area contributed by atoms with Crippen LogP contribution in [-0.2, 0) is 9.59 Å². The summed E-state index contributed by atoms with van der Waals surface area (Å²) in [5, 5.41) is 11.7. The topological polar surface area (TPSA) is 82.4 Å². The van der Waals surface area contributed by atoms with E-state index in [0.29, 0.717) is 22.7 Å². The number of para-hydroxylation sites is 3. The van der Waals surface area contributed by atoms with Crippen LogP contribution < -0.4 is 15.0 Å². The van der Waals surface area contributed by atoms with Gasteiger partial charge in [-0.05, 0) is 24.3 Å². The second-order valence-electron chi connectivity index (χ2n) is 4.98. The lowest BCUT2D eigenvalue weighted by atomic mass is 10.2. The summed E-state index contributed by atoms with van der Waals surface area (Å²) in [7, 11) is 1.50. The van der Waals surface area contributed by atoms with E-state index in [9.17, 15) is 9.59 Å². The van der Waals surface area contributed by atoms with Crippen LogP contribution in [0.25, 0.3) is 0 Å². The molecule has 122 valence electrons. The third kappa shape index (κ3) is 3.90. The number of ether oxygens (including phenoxy) is 1. The number of amides is 2. The number of nitrogens with one attached hydrogen (secondary N) is 1. The largest absolute Gasteiger partial charge is 0.495 e. The van der Waals surface area contributed by atoms with Crippen molar-refractivity contribution < 1.29 is 14.3 Å². The van der Waals surface area contributed by atoms with Gasteiger partial charge in [0.05, 0.1) is 24.0 Å². The number of carbonyl (C=O) groups is 2. The summed E-state index contributed by atoms with van der Waals surface area (Å²) >= 11 is 0. The standard InChI is InChI=1S/C18H17N3O3/c1-13(22)21(16-9-5-6-10-17(16)24-2)12-18(23)20-15-8-4-3-7-14(15)11-19/h3-10H,12H2,1-2H3,(H,20,23). The Bertz CT molecular complexity index is 796. The lowest BCUT2D eigenvalue weighted by molar-refractivity contribution is -0.120. The summed E-state index contributed by atoms with van der Waals surface area (Å²) < 4.78 is 5.24. The minimum Gasteiger partial charge on any atom is -0.495 e. The van der Waals surface area contributed by atoms with Gasteiger partial charge in [0.15, 0.2) is 0 Å². The van der Waals surface area contributed by atoms with Gasteiger partial charge in [-0.3, -0.25) is 14.5 Å². The molecule has 0 unspecified atom stereocenters. The molecule has 0 aliphatic heterocycles. The Hall–Kier alpha value is -3.33. The van der Waals surface area contributed by atoms with Crippen LogP contribution in [0.1, 0.15) is 12.5 Å². The highest BCUT2D eigenvalue weighted by atomic mass is 16.5. The first-order chi connectivity index (χ1) is 11.6. The highest BCUT2D eigenvalue weighted by molar-refractivity contribution is 6.03. The summed E-state index contributed by atoms with van der Waals surface area (Å²) in [5.41, 5.74) is 1.28. The molecule has 0 bridgehead atoms. The van der Waals surface area contributed by atoms with Crippen LogP contribution in [0.2, 0.25) is 0 Å². The lowest BCUT2D eigenvalue weighted by Crippen LogP contribution is -2.37. The van der Waals surface area contributed by atoms with Crippen molar-refractivity contribution in [3.05, 3.63) is 54.1 Å². The number of hydrogen-bond donors (Lipinski definition) is 1. The summed E-state index contributed by atoms with van der Waals surface area (Å²) in [6.07, 6.45) is 0. The Kier molecular flexibility index (Phi) is 5.53. The molecule has 0 aliphatic carbocycles. The molecule has 0 radical (unpaired) electrons. The third-order valence-electron chi connectivity index (χ3n) is 3.38. The molecule has 6 heteroatoms. The minimum absolute atomic E-state index is 0.185. The van der Waals surface area contributed by atoms with E-state index >= 15 is 0 Å². The van der Waals surface area contributed by atoms with Crippen LogP contribution >= 0.6 is 0 Å². The zero-order valence-electron chi connectivity index (χ0n) is 13.4. The molecule has 0 saturated carbocycles. The van der Waals surface area contributed by atoms with Gasteiger partial charge in [0, 0.05) is 6.92 Å². The first kappa shape index (κ1) is 17.0. The number of carbonyl (C=O) groups excluding carboxylic acids is 2. The molecule has 0 atom stereocenters. The van der Waals surface area contributed by atoms with E-state index in [1.807, 2.05) is 6.07 Å². The van der Waals surface area contributed by atoms with E-state index < -0.39 is 5.91 Å². The Morgan fingerprint density at radius 1 is 1.17 bits per heavy atom. The minimum atomic E-state index is -0.404. The van der Waals surface area contributed by atoms with Gasteiger partial charge in [0.2, 0.25) is 11.8 Å². The number of nitrogens with zero attached hydrogens (tertiary/aromatic N) is 2. The Morgan fingerprint density at radius 2 is 1.83 bits per heavy atom. The highest BCUT2D eigenvalue weighted by Gasteiger charge is 2.19. The van der Waals surface area contributed by atoms with Gasteiger partial charge < -0.3 is 10.1 Å². The number of benzene rings is 2. The molecule has 0 saturated heterocycles. The Balaban J connectivity index is 2.21. The van der Waals surface area contributed by atoms with Crippen molar-refractivity contribution in [2.75, 3.05) is 23.9 Å². The molecule has 0 fully saturated rings. The molecule has 0 aliphatic rings. The molecular weight excluding hydrogens is 306 g/mol. The smallest absolute Gasteiger partial charge is 0.244 e. The van der Waals surface area contributed by atoms with Crippen molar-refractivity contribution in [3.8, 4) is 11.8 Å². The number of rotatable bonds is 5. The molecule has 1 N–H and O–H groups in total. The van der Waals surface area contributed by atoms with Crippen molar-refractivity contribution in [2.24, 2.45) is 0 Å². The van der Waals surface area contributed by atoms with Crippen molar-refractivity contribution >= 4 is 23.2 Å². The summed E-state index contributed by atoms with van der Waals surface area (Å²) in [5.74, 6) is -0.194. The molecular formula is C18H17N3O3. The van der Waals surface area contributed by atoms with Crippen LogP contribution in [-0.4, -0.2) is 25.5 Å². The van der Waals surface area contributed by atoms with Gasteiger partial charge in [-0.2, -0.15) is 5.26 Å². The molecule has 0 heterocycles. The fraction of sp³-hybridized carbons (Fsp3) is 0.167. The molecule has 2 aromatic rings. The van der Waals surface area contributed by atoms with Gasteiger partial charge in [0.25, 0.3) is 0 Å². The second-order valence-corrected chi connectivity index (χ2v) is 4.98. The van der Waals surface area contributed by atoms with E-state index in [1.165, 1.54) is 18.9 Å². The van der Waals surface area contributed by atoms with Crippen molar-refractivity contribution in [1.82, 2.24) is 0 Å². The van der Waals surface area contributed by atoms with Crippen LogP contribution in [0.4, 0.5) is 11.4 Å². The van der Waals surface area contributed by atoms with E-state index in [0.717, 1.165) is 0 Å². The van der Waals surface area contributed by atoms with E-state index in [1.54, 1.807) is 48.5 Å². The first-order valence-corrected chi connectivity index (χ1v) is 7.27. The van der Waals surface area contributed by atoms with E-state index in [2.05, 4.69) is 5.32 Å². The summed E-state index contributed by atoms with van der Waals surface area (Å²) in [4.78, 5) is 25.6. The number of nitriles is 1. The SMILES string of the molecule is COc1ccccc1N(CC(=O)Nc1ccccc1C#N)C(C)=O. The number of anilines is 2. The predicted molar refractivity (Wildman–Crippen MR) is 90.8 cm³/mol. The van der Waals surface area contributed by atoms with Crippen molar-refractivity contribution in [1.29, 1.82) is 5.26 Å². The second kappa shape index (κ2) is 7.79. The molecule has 0 aromatic heterocycles. The Morgan fingerprint density at radius 3 is 2.50 bits per heavy atom. The number of methoxy groups -OCH3 is 1. The maximum Gasteiger partial charge on any atom is 0.244 e. The molecule has 0 spiro atoms. The van der Waals surface area contributed by atoms with Crippen molar-refractivity contribution in [2.45, 2.75) is 6.92 Å². The fourth-order valence-electron chi connectivity index (χ4n) is 2.24. The van der Waals surface area contributed by atoms with Crippen LogP contribution in [0.3, 0.4) is 0 Å². The predicted octanol–water partition coefficient (Wildman–Crippen LogP) is 2.56. The van der Waals surface area contributed by atoms with Gasteiger partial charge in [-0.1, -0.05) is 24.3 Å². The lowest BCUT2D eigenvalue weighted by Gasteiger charge is -2.22. The molecule has 2 rings (SSSR count). The van der Waals surface area contributed by atoms with Crippen LogP contribution in [0.5, 0.6) is 5.75 Å². The number of hydrogen-bond acceptors (Lipinski definition) is 4. The van der Waals surface area contributed by atoms with Crippen LogP contribution in [0.15, 0.2) is 48.5 Å². The zero-order valence-corrected chi connectivity index (χ0v) is 13.4. The maximum atomic E-state index is 12.3. The summed E-state index contributed by atoms with van der Waals surface area (Å²) in [6.45, 7) is 1.19. The first-order valence-electron chi connectivity index (χ1n) is 7.27. The monoisotopic (exact) mass is 323 g/mol. The van der Waals surface area contributed by atoms with Gasteiger partial charge in [0.1, 0.15) is 18.4 Å². The van der Waals surface area contributed by atoms with E-state index in [-0.39, 0.29) is 12.5 Å². The average molecular weight is 323 g/mol. The molecule has 24 heavy (non-hydrogen) atoms. The van der Waals surface area contributed by atoms with E-state index in [4.69, 9.17) is 10.00 Å². The van der Waals surface area contributed by atoms with Crippen LogP contribution in [0, 0.1) is 11.3 Å². The van der Waals surface area contributed by atoms with Gasteiger partial charge in [-0.25, -0.2) is 0 Å². The average Bonchev–Trinajstić information content (AvgIpc) is 2.60. The highest BCUT2D eigenvalue weighted by Crippen LogP contribution is 2.27. The molecule has 6 nitrogen and oxygen atoms in total. The quantitative estimate of drug-likeness (QED) is 0.916. The molecule has 2 aromatic carbocycles. The third-order valence-corrected chi connectivity index (χ3v) is 3.38. The summed E-state index contributed by atoms with van der Waals surface area (Å²) in [6, 6.07) is 15.7. The molecule has 2 amide bonds. The zero-order chi connectivity index (χ0) is 17.5.